The zero-order chi connectivity index (χ0) is 13.8. The summed E-state index contributed by atoms with van der Waals surface area (Å²) in [5.41, 5.74) is 3.69. The van der Waals surface area contributed by atoms with E-state index in [1.54, 1.807) is 7.11 Å². The first-order valence-corrected chi connectivity index (χ1v) is 7.08. The standard InChI is InChI=1S/C17H20N2O/c1-20-17-9-5-3-7-15(17)14-6-2-4-8-16(14)19-12-10-18-11-13-19/h2-9,18H,10-13H2,1H3. The van der Waals surface area contributed by atoms with Gasteiger partial charge in [-0.2, -0.15) is 0 Å². The number of nitrogens with zero attached hydrogens (tertiary/aromatic N) is 1. The Kier molecular flexibility index (Phi) is 3.88. The number of ether oxygens (including phenoxy) is 1. The van der Waals surface area contributed by atoms with E-state index in [1.165, 1.54) is 11.3 Å². The van der Waals surface area contributed by atoms with Crippen LogP contribution in [0.25, 0.3) is 11.1 Å². The highest BCUT2D eigenvalue weighted by molar-refractivity contribution is 5.82. The molecule has 104 valence electrons. The van der Waals surface area contributed by atoms with E-state index in [0.717, 1.165) is 37.5 Å². The molecule has 0 aromatic heterocycles. The molecule has 3 rings (SSSR count). The Morgan fingerprint density at radius 1 is 0.900 bits per heavy atom. The topological polar surface area (TPSA) is 24.5 Å². The van der Waals surface area contributed by atoms with Crippen molar-refractivity contribution < 1.29 is 4.74 Å². The fraction of sp³-hybridized carbons (Fsp3) is 0.294. The molecule has 0 bridgehead atoms. The monoisotopic (exact) mass is 268 g/mol. The number of piperazine rings is 1. The number of hydrogen-bond donors (Lipinski definition) is 1. The molecule has 1 aliphatic heterocycles. The van der Waals surface area contributed by atoms with E-state index < -0.39 is 0 Å². The number of nitrogens with one attached hydrogen (secondary N) is 1. The molecule has 1 heterocycles. The van der Waals surface area contributed by atoms with Gasteiger partial charge in [0.1, 0.15) is 5.75 Å². The van der Waals surface area contributed by atoms with Crippen molar-refractivity contribution >= 4 is 5.69 Å². The largest absolute Gasteiger partial charge is 0.496 e. The second-order valence-corrected chi connectivity index (χ2v) is 4.95. The highest BCUT2D eigenvalue weighted by Gasteiger charge is 2.16. The number of anilines is 1. The molecular formula is C17H20N2O. The van der Waals surface area contributed by atoms with E-state index in [1.807, 2.05) is 12.1 Å². The van der Waals surface area contributed by atoms with Crippen LogP contribution >= 0.6 is 0 Å². The quantitative estimate of drug-likeness (QED) is 0.926. The second-order valence-electron chi connectivity index (χ2n) is 4.95. The van der Waals surface area contributed by atoms with Gasteiger partial charge in [0.2, 0.25) is 0 Å². The summed E-state index contributed by atoms with van der Waals surface area (Å²) >= 11 is 0. The SMILES string of the molecule is COc1ccccc1-c1ccccc1N1CCNCC1. The Balaban J connectivity index is 2.05. The van der Waals surface area contributed by atoms with Crippen LogP contribution in [0.15, 0.2) is 48.5 Å². The van der Waals surface area contributed by atoms with E-state index in [0.29, 0.717) is 0 Å². The molecule has 2 aromatic rings. The molecule has 0 atom stereocenters. The van der Waals surface area contributed by atoms with Gasteiger partial charge in [-0.25, -0.2) is 0 Å². The van der Waals surface area contributed by atoms with Crippen LogP contribution in [0.1, 0.15) is 0 Å². The molecule has 2 aromatic carbocycles. The summed E-state index contributed by atoms with van der Waals surface area (Å²) < 4.78 is 5.51. The van der Waals surface area contributed by atoms with E-state index in [9.17, 15) is 0 Å². The Morgan fingerprint density at radius 2 is 1.55 bits per heavy atom. The van der Waals surface area contributed by atoms with E-state index in [4.69, 9.17) is 4.74 Å². The average molecular weight is 268 g/mol. The first-order chi connectivity index (χ1) is 9.90. The van der Waals surface area contributed by atoms with Crippen molar-refractivity contribution in [1.82, 2.24) is 5.32 Å². The van der Waals surface area contributed by atoms with Gasteiger partial charge in [-0.3, -0.25) is 0 Å². The highest BCUT2D eigenvalue weighted by atomic mass is 16.5. The Labute approximate surface area is 120 Å². The molecule has 3 nitrogen and oxygen atoms in total. The summed E-state index contributed by atoms with van der Waals surface area (Å²) in [4.78, 5) is 2.44. The summed E-state index contributed by atoms with van der Waals surface area (Å²) in [7, 11) is 1.73. The lowest BCUT2D eigenvalue weighted by atomic mass is 10.0. The third-order valence-electron chi connectivity index (χ3n) is 3.76. The maximum Gasteiger partial charge on any atom is 0.126 e. The summed E-state index contributed by atoms with van der Waals surface area (Å²) in [5.74, 6) is 0.926. The molecule has 0 aliphatic carbocycles. The summed E-state index contributed by atoms with van der Waals surface area (Å²) in [6.07, 6.45) is 0. The maximum absolute atomic E-state index is 5.51. The fourth-order valence-corrected chi connectivity index (χ4v) is 2.75. The molecule has 20 heavy (non-hydrogen) atoms. The van der Waals surface area contributed by atoms with Crippen molar-refractivity contribution in [3.8, 4) is 16.9 Å². The predicted molar refractivity (Wildman–Crippen MR) is 83.5 cm³/mol. The van der Waals surface area contributed by atoms with Gasteiger partial charge in [0.25, 0.3) is 0 Å². The van der Waals surface area contributed by atoms with Crippen LogP contribution in [0.2, 0.25) is 0 Å². The van der Waals surface area contributed by atoms with E-state index in [-0.39, 0.29) is 0 Å². The van der Waals surface area contributed by atoms with E-state index in [2.05, 4.69) is 46.6 Å². The number of rotatable bonds is 3. The van der Waals surface area contributed by atoms with Crippen molar-refractivity contribution in [1.29, 1.82) is 0 Å². The normalized spacial score (nSPS) is 15.2. The number of benzene rings is 2. The minimum Gasteiger partial charge on any atom is -0.496 e. The fourth-order valence-electron chi connectivity index (χ4n) is 2.75. The van der Waals surface area contributed by atoms with Gasteiger partial charge >= 0.3 is 0 Å². The predicted octanol–water partition coefficient (Wildman–Crippen LogP) is 2.77. The Morgan fingerprint density at radius 3 is 2.30 bits per heavy atom. The van der Waals surface area contributed by atoms with Crippen LogP contribution in [0, 0.1) is 0 Å². The van der Waals surface area contributed by atoms with Crippen LogP contribution in [-0.2, 0) is 0 Å². The summed E-state index contributed by atoms with van der Waals surface area (Å²) in [6.45, 7) is 4.18. The third-order valence-corrected chi connectivity index (χ3v) is 3.76. The first-order valence-electron chi connectivity index (χ1n) is 7.08. The van der Waals surface area contributed by atoms with Gasteiger partial charge in [-0.15, -0.1) is 0 Å². The number of methoxy groups -OCH3 is 1. The molecule has 1 fully saturated rings. The second kappa shape index (κ2) is 5.97. The van der Waals surface area contributed by atoms with Gasteiger partial charge in [0.05, 0.1) is 7.11 Å². The highest BCUT2D eigenvalue weighted by Crippen LogP contribution is 2.36. The molecule has 0 unspecified atom stereocenters. The van der Waals surface area contributed by atoms with Crippen LogP contribution < -0.4 is 15.0 Å². The van der Waals surface area contributed by atoms with Crippen molar-refractivity contribution in [2.24, 2.45) is 0 Å². The van der Waals surface area contributed by atoms with Crippen molar-refractivity contribution in [3.63, 3.8) is 0 Å². The van der Waals surface area contributed by atoms with Crippen molar-refractivity contribution in [2.75, 3.05) is 38.2 Å². The van der Waals surface area contributed by atoms with Gasteiger partial charge in [0.15, 0.2) is 0 Å². The molecule has 1 saturated heterocycles. The molecule has 1 aliphatic rings. The lowest BCUT2D eigenvalue weighted by Crippen LogP contribution is -2.43. The van der Waals surface area contributed by atoms with Crippen LogP contribution in [0.5, 0.6) is 5.75 Å². The molecule has 0 spiro atoms. The number of para-hydroxylation sites is 2. The Bertz CT molecular complexity index is 577. The van der Waals surface area contributed by atoms with E-state index >= 15 is 0 Å². The maximum atomic E-state index is 5.51. The van der Waals surface area contributed by atoms with Crippen molar-refractivity contribution in [3.05, 3.63) is 48.5 Å². The first kappa shape index (κ1) is 13.0. The summed E-state index contributed by atoms with van der Waals surface area (Å²) in [5, 5.41) is 3.40. The lowest BCUT2D eigenvalue weighted by Gasteiger charge is -2.31. The molecule has 0 radical (unpaired) electrons. The molecule has 0 amide bonds. The van der Waals surface area contributed by atoms with Crippen LogP contribution in [-0.4, -0.2) is 33.3 Å². The number of hydrogen-bond acceptors (Lipinski definition) is 3. The molecular weight excluding hydrogens is 248 g/mol. The molecule has 0 saturated carbocycles. The summed E-state index contributed by atoms with van der Waals surface area (Å²) in [6, 6.07) is 16.8. The lowest BCUT2D eigenvalue weighted by molar-refractivity contribution is 0.416. The third kappa shape index (κ3) is 2.49. The minimum atomic E-state index is 0.926. The average Bonchev–Trinajstić information content (AvgIpc) is 2.55. The zero-order valence-electron chi connectivity index (χ0n) is 11.8. The van der Waals surface area contributed by atoms with Gasteiger partial charge in [-0.05, 0) is 12.1 Å². The molecule has 1 N–H and O–H groups in total. The van der Waals surface area contributed by atoms with Gasteiger partial charge in [0, 0.05) is 43.0 Å². The van der Waals surface area contributed by atoms with Gasteiger partial charge < -0.3 is 15.0 Å². The molecule has 3 heteroatoms. The van der Waals surface area contributed by atoms with Crippen molar-refractivity contribution in [2.45, 2.75) is 0 Å². The smallest absolute Gasteiger partial charge is 0.126 e. The van der Waals surface area contributed by atoms with Gasteiger partial charge in [-0.1, -0.05) is 36.4 Å². The van der Waals surface area contributed by atoms with Crippen LogP contribution in [0.3, 0.4) is 0 Å². The van der Waals surface area contributed by atoms with Crippen LogP contribution in [0.4, 0.5) is 5.69 Å². The zero-order valence-corrected chi connectivity index (χ0v) is 11.8. The Hall–Kier alpha value is -2.00. The minimum absolute atomic E-state index is 0.926.